The summed E-state index contributed by atoms with van der Waals surface area (Å²) in [5, 5.41) is 8.61. The number of carbonyl (C=O) groups is 1. The van der Waals surface area contributed by atoms with Crippen LogP contribution in [0.1, 0.15) is 32.1 Å². The maximum absolute atomic E-state index is 10.5. The van der Waals surface area contributed by atoms with Crippen LogP contribution < -0.4 is 4.84 Å². The van der Waals surface area contributed by atoms with E-state index in [1.54, 1.807) is 0 Å². The van der Waals surface area contributed by atoms with Crippen LogP contribution in [-0.4, -0.2) is 17.1 Å². The van der Waals surface area contributed by atoms with Gasteiger partial charge in [-0.05, 0) is 0 Å². The van der Waals surface area contributed by atoms with Crippen LogP contribution in [0.15, 0.2) is 0 Å². The maximum atomic E-state index is 10.5. The first-order valence-electron chi connectivity index (χ1n) is 4.36. The third kappa shape index (κ3) is 7.16. The average Bonchev–Trinajstić information content (AvgIpc) is 2.16. The fourth-order valence-corrected chi connectivity index (χ4v) is 1.45. The van der Waals surface area contributed by atoms with Gasteiger partial charge in [0, 0.05) is 0 Å². The van der Waals surface area contributed by atoms with E-state index < -0.39 is 12.0 Å². The fraction of sp³-hybridized carbons (Fsp3) is 0.750. The second-order valence-electron chi connectivity index (χ2n) is 2.85. The molecule has 0 aliphatic carbocycles. The van der Waals surface area contributed by atoms with Crippen LogP contribution in [0.5, 0.6) is 0 Å². The SMILES string of the molecule is O=P#CCCCCCC(NCl)C(=O)O. The second kappa shape index (κ2) is 9.29. The van der Waals surface area contributed by atoms with Crippen LogP contribution in [0, 0.1) is 5.63 Å². The number of halogens is 1. The molecule has 0 heterocycles. The normalized spacial score (nSPS) is 11.8. The van der Waals surface area contributed by atoms with Gasteiger partial charge in [-0.1, -0.05) is 0 Å². The summed E-state index contributed by atoms with van der Waals surface area (Å²) in [5.41, 5.74) is 2.63. The molecule has 0 radical (unpaired) electrons. The van der Waals surface area contributed by atoms with E-state index in [1.165, 1.54) is 0 Å². The zero-order valence-electron chi connectivity index (χ0n) is 7.70. The Morgan fingerprint density at radius 3 is 2.71 bits per heavy atom. The molecule has 0 aromatic rings. The first-order valence-corrected chi connectivity index (χ1v) is 5.55. The van der Waals surface area contributed by atoms with Crippen LogP contribution in [-0.2, 0) is 9.36 Å². The first-order chi connectivity index (χ1) is 6.72. The molecule has 0 saturated heterocycles. The van der Waals surface area contributed by atoms with Gasteiger partial charge in [0.1, 0.15) is 0 Å². The number of carboxylic acids is 1. The molecular formula is C8H13ClNO3P. The Kier molecular flexibility index (Phi) is 9.11. The molecule has 0 spiro atoms. The summed E-state index contributed by atoms with van der Waals surface area (Å²) in [6.45, 7) is 0. The molecule has 14 heavy (non-hydrogen) atoms. The molecule has 1 atom stereocenters. The topological polar surface area (TPSA) is 66.4 Å². The third-order valence-electron chi connectivity index (χ3n) is 1.78. The number of rotatable bonds is 7. The van der Waals surface area contributed by atoms with Crippen molar-refractivity contribution in [2.24, 2.45) is 0 Å². The number of hydrogen-bond acceptors (Lipinski definition) is 3. The minimum atomic E-state index is -0.934. The summed E-state index contributed by atoms with van der Waals surface area (Å²) in [6.07, 6.45) is 3.74. The molecule has 2 N–H and O–H groups in total. The van der Waals surface area contributed by atoms with Gasteiger partial charge < -0.3 is 0 Å². The Bertz CT molecular complexity index is 265. The summed E-state index contributed by atoms with van der Waals surface area (Å²) in [7, 11) is -0.0593. The Hall–Kier alpha value is -0.270. The van der Waals surface area contributed by atoms with Crippen molar-refractivity contribution in [2.75, 3.05) is 0 Å². The summed E-state index contributed by atoms with van der Waals surface area (Å²) in [5.74, 6) is -0.934. The van der Waals surface area contributed by atoms with E-state index in [0.717, 1.165) is 19.3 Å². The first kappa shape index (κ1) is 13.7. The molecule has 0 bridgehead atoms. The molecule has 0 rings (SSSR count). The van der Waals surface area contributed by atoms with Crippen LogP contribution >= 0.6 is 19.7 Å². The number of aliphatic carboxylic acids is 1. The monoisotopic (exact) mass is 237 g/mol. The number of carboxylic acid groups (broad SMARTS) is 1. The molecule has 0 aliphatic heterocycles. The van der Waals surface area contributed by atoms with E-state index in [1.807, 2.05) is 0 Å². The van der Waals surface area contributed by atoms with E-state index in [-0.39, 0.29) is 7.92 Å². The van der Waals surface area contributed by atoms with Gasteiger partial charge in [-0.15, -0.1) is 0 Å². The standard InChI is InChI=1S/C8H13ClNO3P/c9-10-7(8(11)12)5-3-1-2-4-6-14-13/h7,10H,1-5H2,(H,11,12). The molecule has 1 unspecified atom stereocenters. The van der Waals surface area contributed by atoms with E-state index in [4.69, 9.17) is 16.9 Å². The van der Waals surface area contributed by atoms with Crippen LogP contribution in [0.2, 0.25) is 0 Å². The molecule has 0 saturated carbocycles. The predicted octanol–water partition coefficient (Wildman–Crippen LogP) is 2.38. The Morgan fingerprint density at radius 1 is 1.50 bits per heavy atom. The van der Waals surface area contributed by atoms with Gasteiger partial charge in [-0.25, -0.2) is 0 Å². The summed E-state index contributed by atoms with van der Waals surface area (Å²) < 4.78 is 9.96. The van der Waals surface area contributed by atoms with Gasteiger partial charge in [0.2, 0.25) is 0 Å². The van der Waals surface area contributed by atoms with Gasteiger partial charge >= 0.3 is 88.7 Å². The van der Waals surface area contributed by atoms with Gasteiger partial charge in [0.15, 0.2) is 0 Å². The van der Waals surface area contributed by atoms with Crippen molar-refractivity contribution in [3.8, 4) is 5.63 Å². The van der Waals surface area contributed by atoms with Crippen LogP contribution in [0.3, 0.4) is 0 Å². The van der Waals surface area contributed by atoms with Gasteiger partial charge in [-0.2, -0.15) is 0 Å². The van der Waals surface area contributed by atoms with Crippen molar-refractivity contribution in [3.63, 3.8) is 0 Å². The number of nitrogens with one attached hydrogen (secondary N) is 1. The van der Waals surface area contributed by atoms with Gasteiger partial charge in [-0.3, -0.25) is 0 Å². The van der Waals surface area contributed by atoms with Crippen LogP contribution in [0.4, 0.5) is 0 Å². The molecule has 4 nitrogen and oxygen atoms in total. The van der Waals surface area contributed by atoms with Crippen LogP contribution in [0.25, 0.3) is 0 Å². The fourth-order valence-electron chi connectivity index (χ4n) is 1.000. The molecule has 0 aromatic carbocycles. The quantitative estimate of drug-likeness (QED) is 0.405. The zero-order chi connectivity index (χ0) is 10.8. The molecule has 0 aliphatic rings. The molecule has 0 amide bonds. The Balaban J connectivity index is 3.45. The van der Waals surface area contributed by atoms with E-state index in [9.17, 15) is 9.36 Å². The van der Waals surface area contributed by atoms with Crippen molar-refractivity contribution in [1.82, 2.24) is 4.84 Å². The number of hydrogen-bond donors (Lipinski definition) is 2. The van der Waals surface area contributed by atoms with E-state index >= 15 is 0 Å². The third-order valence-corrected chi connectivity index (χ3v) is 2.39. The summed E-state index contributed by atoms with van der Waals surface area (Å²) in [4.78, 5) is 12.7. The molecule has 0 aromatic heterocycles. The van der Waals surface area contributed by atoms with Crippen molar-refractivity contribution >= 4 is 25.7 Å². The molecule has 0 fully saturated rings. The van der Waals surface area contributed by atoms with Gasteiger partial charge in [0.25, 0.3) is 0 Å². The molecule has 80 valence electrons. The minimum absolute atomic E-state index is 0.0593. The van der Waals surface area contributed by atoms with Gasteiger partial charge in [0.05, 0.1) is 0 Å². The van der Waals surface area contributed by atoms with Crippen molar-refractivity contribution in [1.29, 1.82) is 0 Å². The zero-order valence-corrected chi connectivity index (χ0v) is 9.35. The van der Waals surface area contributed by atoms with Crippen molar-refractivity contribution < 1.29 is 14.5 Å². The Labute approximate surface area is 89.3 Å². The van der Waals surface area contributed by atoms with Crippen molar-refractivity contribution in [2.45, 2.75) is 38.1 Å². The summed E-state index contributed by atoms with van der Waals surface area (Å²) in [6, 6.07) is -0.678. The molecule has 6 heteroatoms. The molecular weight excluding hydrogens is 225 g/mol. The number of unbranched alkanes of at least 4 members (excludes halogenated alkanes) is 3. The van der Waals surface area contributed by atoms with E-state index in [2.05, 4.69) is 10.5 Å². The average molecular weight is 238 g/mol. The van der Waals surface area contributed by atoms with E-state index in [0.29, 0.717) is 12.8 Å². The summed E-state index contributed by atoms with van der Waals surface area (Å²) >= 11 is 5.24. The van der Waals surface area contributed by atoms with Crippen molar-refractivity contribution in [3.05, 3.63) is 0 Å². The second-order valence-corrected chi connectivity index (χ2v) is 3.57. The Morgan fingerprint density at radius 2 is 2.21 bits per heavy atom. The predicted molar refractivity (Wildman–Crippen MR) is 55.0 cm³/mol.